The summed E-state index contributed by atoms with van der Waals surface area (Å²) in [6, 6.07) is 8.79. The van der Waals surface area contributed by atoms with Crippen molar-refractivity contribution in [3.05, 3.63) is 47.8 Å². The van der Waals surface area contributed by atoms with Crippen LogP contribution in [-0.4, -0.2) is 66.6 Å². The Morgan fingerprint density at radius 2 is 1.50 bits per heavy atom. The third kappa shape index (κ3) is 3.37. The Labute approximate surface area is 152 Å². The molecule has 1 aromatic heterocycles. The largest absolute Gasteiger partial charge is 0.493 e. The van der Waals surface area contributed by atoms with Gasteiger partial charge in [-0.15, -0.1) is 0 Å². The molecule has 1 aliphatic heterocycles. The van der Waals surface area contributed by atoms with E-state index in [1.165, 1.54) is 0 Å². The van der Waals surface area contributed by atoms with Gasteiger partial charge in [-0.2, -0.15) is 0 Å². The summed E-state index contributed by atoms with van der Waals surface area (Å²) in [5.74, 6) is 1.03. The summed E-state index contributed by atoms with van der Waals surface area (Å²) in [7, 11) is 4.95. The van der Waals surface area contributed by atoms with E-state index in [9.17, 15) is 9.59 Å². The topological polar surface area (TPSA) is 64.0 Å². The van der Waals surface area contributed by atoms with Gasteiger partial charge in [0.05, 0.1) is 14.2 Å². The van der Waals surface area contributed by atoms with Crippen molar-refractivity contribution in [3.63, 3.8) is 0 Å². The van der Waals surface area contributed by atoms with Gasteiger partial charge in [0.2, 0.25) is 0 Å². The van der Waals surface area contributed by atoms with Gasteiger partial charge in [-0.3, -0.25) is 9.59 Å². The van der Waals surface area contributed by atoms with Crippen LogP contribution in [0.1, 0.15) is 20.8 Å². The van der Waals surface area contributed by atoms with Crippen LogP contribution in [0, 0.1) is 0 Å². The predicted molar refractivity (Wildman–Crippen MR) is 96.8 cm³/mol. The van der Waals surface area contributed by atoms with Crippen molar-refractivity contribution < 1.29 is 19.1 Å². The molecule has 7 nitrogen and oxygen atoms in total. The Kier molecular flexibility index (Phi) is 5.16. The molecule has 0 bridgehead atoms. The van der Waals surface area contributed by atoms with E-state index in [2.05, 4.69) is 0 Å². The Hall–Kier alpha value is -2.96. The first kappa shape index (κ1) is 17.8. The second-order valence-electron chi connectivity index (χ2n) is 6.16. The highest BCUT2D eigenvalue weighted by Crippen LogP contribution is 2.28. The third-order valence-electron chi connectivity index (χ3n) is 4.65. The van der Waals surface area contributed by atoms with Crippen molar-refractivity contribution >= 4 is 11.8 Å². The quantitative estimate of drug-likeness (QED) is 0.835. The number of carbonyl (C=O) groups is 2. The molecule has 2 heterocycles. The van der Waals surface area contributed by atoms with Crippen molar-refractivity contribution in [1.29, 1.82) is 0 Å². The van der Waals surface area contributed by atoms with Gasteiger partial charge in [0.25, 0.3) is 11.8 Å². The molecule has 1 aliphatic rings. The summed E-state index contributed by atoms with van der Waals surface area (Å²) in [5, 5.41) is 0. The minimum absolute atomic E-state index is 0.00397. The molecule has 0 N–H and O–H groups in total. The summed E-state index contributed by atoms with van der Waals surface area (Å²) in [5.41, 5.74) is 1.20. The molecule has 1 aromatic carbocycles. The predicted octanol–water partition coefficient (Wildman–Crippen LogP) is 1.64. The molecule has 3 rings (SSSR count). The van der Waals surface area contributed by atoms with E-state index in [-0.39, 0.29) is 11.8 Å². The van der Waals surface area contributed by atoms with Crippen molar-refractivity contribution in [3.8, 4) is 11.5 Å². The lowest BCUT2D eigenvalue weighted by molar-refractivity contribution is 0.0530. The molecule has 7 heteroatoms. The van der Waals surface area contributed by atoms with Crippen LogP contribution in [0.3, 0.4) is 0 Å². The monoisotopic (exact) mass is 357 g/mol. The zero-order chi connectivity index (χ0) is 18.7. The normalized spacial score (nSPS) is 14.3. The molecule has 138 valence electrons. The number of rotatable bonds is 4. The second kappa shape index (κ2) is 7.51. The van der Waals surface area contributed by atoms with Gasteiger partial charge >= 0.3 is 0 Å². The van der Waals surface area contributed by atoms with Crippen LogP contribution < -0.4 is 9.47 Å². The van der Waals surface area contributed by atoms with E-state index in [1.54, 1.807) is 42.2 Å². The Balaban J connectivity index is 1.65. The lowest BCUT2D eigenvalue weighted by Gasteiger charge is -2.35. The number of nitrogens with zero attached hydrogens (tertiary/aromatic N) is 3. The second-order valence-corrected chi connectivity index (χ2v) is 6.16. The van der Waals surface area contributed by atoms with Gasteiger partial charge in [0, 0.05) is 45.0 Å². The van der Waals surface area contributed by atoms with Crippen molar-refractivity contribution in [2.75, 3.05) is 40.4 Å². The van der Waals surface area contributed by atoms with Crippen LogP contribution in [-0.2, 0) is 7.05 Å². The summed E-state index contributed by atoms with van der Waals surface area (Å²) < 4.78 is 12.3. The van der Waals surface area contributed by atoms with Crippen molar-refractivity contribution in [2.24, 2.45) is 7.05 Å². The Morgan fingerprint density at radius 3 is 2.04 bits per heavy atom. The first-order valence-electron chi connectivity index (χ1n) is 8.47. The first-order chi connectivity index (χ1) is 12.5. The highest BCUT2D eigenvalue weighted by atomic mass is 16.5. The van der Waals surface area contributed by atoms with Gasteiger partial charge in [-0.1, -0.05) is 0 Å². The molecule has 26 heavy (non-hydrogen) atoms. The van der Waals surface area contributed by atoms with E-state index in [1.807, 2.05) is 29.9 Å². The molecular formula is C19H23N3O4. The zero-order valence-corrected chi connectivity index (χ0v) is 15.3. The number of ether oxygens (including phenoxy) is 2. The fourth-order valence-corrected chi connectivity index (χ4v) is 3.11. The maximum absolute atomic E-state index is 12.7. The maximum atomic E-state index is 12.7. The lowest BCUT2D eigenvalue weighted by Crippen LogP contribution is -2.50. The van der Waals surface area contributed by atoms with Gasteiger partial charge < -0.3 is 23.8 Å². The van der Waals surface area contributed by atoms with Crippen LogP contribution in [0.4, 0.5) is 0 Å². The maximum Gasteiger partial charge on any atom is 0.270 e. The number of hydrogen-bond donors (Lipinski definition) is 0. The molecule has 1 fully saturated rings. The minimum Gasteiger partial charge on any atom is -0.493 e. The molecule has 1 saturated heterocycles. The number of amides is 2. The molecule has 0 radical (unpaired) electrons. The number of methoxy groups -OCH3 is 2. The van der Waals surface area contributed by atoms with E-state index in [4.69, 9.17) is 9.47 Å². The van der Waals surface area contributed by atoms with Crippen LogP contribution in [0.5, 0.6) is 11.5 Å². The number of carbonyl (C=O) groups excluding carboxylic acids is 2. The zero-order valence-electron chi connectivity index (χ0n) is 15.3. The van der Waals surface area contributed by atoms with Gasteiger partial charge in [-0.05, 0) is 30.3 Å². The Bertz CT molecular complexity index is 807. The number of hydrogen-bond acceptors (Lipinski definition) is 4. The number of aryl methyl sites for hydroxylation is 1. The molecule has 0 atom stereocenters. The molecule has 0 saturated carbocycles. The summed E-state index contributed by atoms with van der Waals surface area (Å²) in [6.45, 7) is 2.04. The lowest BCUT2D eigenvalue weighted by atomic mass is 10.1. The van der Waals surface area contributed by atoms with E-state index in [0.29, 0.717) is 48.9 Å². The van der Waals surface area contributed by atoms with Crippen LogP contribution in [0.25, 0.3) is 0 Å². The van der Waals surface area contributed by atoms with Crippen LogP contribution in [0.15, 0.2) is 36.5 Å². The smallest absolute Gasteiger partial charge is 0.270 e. The van der Waals surface area contributed by atoms with Crippen LogP contribution >= 0.6 is 0 Å². The fraction of sp³-hybridized carbons (Fsp3) is 0.368. The van der Waals surface area contributed by atoms with Gasteiger partial charge in [0.1, 0.15) is 5.69 Å². The number of aromatic nitrogens is 1. The summed E-state index contributed by atoms with van der Waals surface area (Å²) >= 11 is 0. The summed E-state index contributed by atoms with van der Waals surface area (Å²) in [6.07, 6.45) is 1.85. The average Bonchev–Trinajstić information content (AvgIpc) is 3.12. The fourth-order valence-electron chi connectivity index (χ4n) is 3.11. The summed E-state index contributed by atoms with van der Waals surface area (Å²) in [4.78, 5) is 28.8. The Morgan fingerprint density at radius 1 is 0.885 bits per heavy atom. The van der Waals surface area contributed by atoms with Gasteiger partial charge in [-0.25, -0.2) is 0 Å². The number of piperazine rings is 1. The van der Waals surface area contributed by atoms with E-state index < -0.39 is 0 Å². The standard InChI is InChI=1S/C19H23N3O4/c1-20-8-4-5-15(20)19(24)22-11-9-21(10-12-22)18(23)14-6-7-16(25-2)17(13-14)26-3/h4-8,13H,9-12H2,1-3H3. The molecule has 0 spiro atoms. The molecule has 0 unspecified atom stereocenters. The van der Waals surface area contributed by atoms with Crippen molar-refractivity contribution in [1.82, 2.24) is 14.4 Å². The first-order valence-corrected chi connectivity index (χ1v) is 8.47. The number of benzene rings is 1. The minimum atomic E-state index is -0.0723. The molecule has 0 aliphatic carbocycles. The van der Waals surface area contributed by atoms with E-state index >= 15 is 0 Å². The molecular weight excluding hydrogens is 334 g/mol. The highest BCUT2D eigenvalue weighted by Gasteiger charge is 2.26. The van der Waals surface area contributed by atoms with Crippen molar-refractivity contribution in [2.45, 2.75) is 0 Å². The van der Waals surface area contributed by atoms with Gasteiger partial charge in [0.15, 0.2) is 11.5 Å². The average molecular weight is 357 g/mol. The third-order valence-corrected chi connectivity index (χ3v) is 4.65. The van der Waals surface area contributed by atoms with Crippen LogP contribution in [0.2, 0.25) is 0 Å². The highest BCUT2D eigenvalue weighted by molar-refractivity contribution is 5.96. The molecule has 2 amide bonds. The SMILES string of the molecule is COc1ccc(C(=O)N2CCN(C(=O)c3cccn3C)CC2)cc1OC. The van der Waals surface area contributed by atoms with E-state index in [0.717, 1.165) is 0 Å². The molecule has 2 aromatic rings.